The molecular weight excluding hydrogens is 797 g/mol. The van der Waals surface area contributed by atoms with Gasteiger partial charge in [0.2, 0.25) is 5.91 Å². The Morgan fingerprint density at radius 2 is 1.73 bits per heavy atom. The number of carbonyl (C=O) groups excluding carboxylic acids is 3. The predicted molar refractivity (Wildman–Crippen MR) is 248 cm³/mol. The average Bonchev–Trinajstić information content (AvgIpc) is 3.51. The van der Waals surface area contributed by atoms with Crippen LogP contribution in [0.1, 0.15) is 53.3 Å². The van der Waals surface area contributed by atoms with E-state index in [1.54, 1.807) is 19.2 Å². The zero-order chi connectivity index (χ0) is 42.8. The van der Waals surface area contributed by atoms with E-state index in [1.165, 1.54) is 17.7 Å². The van der Waals surface area contributed by atoms with Crippen molar-refractivity contribution in [3.63, 3.8) is 0 Å². The number of aliphatic imine (C=N–C) groups is 2. The lowest BCUT2D eigenvalue weighted by molar-refractivity contribution is -0.124. The number of piperazine rings is 1. The molecule has 3 amide bonds. The summed E-state index contributed by atoms with van der Waals surface area (Å²) in [6, 6.07) is 19.2. The second-order valence-corrected chi connectivity index (χ2v) is 17.9. The summed E-state index contributed by atoms with van der Waals surface area (Å²) in [4.78, 5) is 57.1. The van der Waals surface area contributed by atoms with Crippen molar-refractivity contribution in [3.05, 3.63) is 95.8 Å². The van der Waals surface area contributed by atoms with Gasteiger partial charge in [0.25, 0.3) is 11.8 Å². The number of methoxy groups -OCH3 is 1. The lowest BCUT2D eigenvalue weighted by atomic mass is 10.0. The molecule has 0 aliphatic carbocycles. The Kier molecular flexibility index (Phi) is 15.5. The van der Waals surface area contributed by atoms with Gasteiger partial charge >= 0.3 is 0 Å². The number of hydrogen-bond acceptors (Lipinski definition) is 10. The molecule has 3 aromatic rings. The third-order valence-corrected chi connectivity index (χ3v) is 13.0. The quantitative estimate of drug-likeness (QED) is 0.0587. The first-order chi connectivity index (χ1) is 29.1. The molecule has 0 bridgehead atoms. The first-order valence-corrected chi connectivity index (χ1v) is 23.2. The summed E-state index contributed by atoms with van der Waals surface area (Å²) in [7, 11) is 1.30. The topological polar surface area (TPSA) is 134 Å². The first-order valence-electron chi connectivity index (χ1n) is 20.6. The van der Waals surface area contributed by atoms with E-state index < -0.39 is 23.8 Å². The second kappa shape index (κ2) is 20.9. The highest BCUT2D eigenvalue weighted by molar-refractivity contribution is 7.64. The van der Waals surface area contributed by atoms with E-state index in [4.69, 9.17) is 21.3 Å². The molecule has 3 N–H and O–H groups in total. The molecule has 3 aromatic carbocycles. The Labute approximate surface area is 360 Å². The standard InChI is InChI=1S/C45H57ClN9O4P/c1-7-12-38(43(56)48-8-2)55-44(57)33-13-11-15-37(41(33)45(55)58)49-21-24-52-25-27-54(28-26-52)31-19-22-53(23-20-31)32-17-18-35(39(29-32)59-4)50-42(34(46)30-47-3)51-36-14-9-10-16-40(36)60(5)6/h8-11,13-18,29-31,38,49H,2-3,7,12,19-28H2,1,4-6H3,(H,48,56)(H,50,51)/b34-30+. The van der Waals surface area contributed by atoms with E-state index in [0.29, 0.717) is 64.5 Å². The van der Waals surface area contributed by atoms with Crippen LogP contribution in [0.4, 0.5) is 22.7 Å². The van der Waals surface area contributed by atoms with Crippen LogP contribution in [-0.4, -0.2) is 130 Å². The van der Waals surface area contributed by atoms with Crippen molar-refractivity contribution >= 4 is 77.9 Å². The summed E-state index contributed by atoms with van der Waals surface area (Å²) in [5, 5.41) is 11.0. The fraction of sp³-hybridized carbons (Fsp3) is 0.400. The molecule has 318 valence electrons. The van der Waals surface area contributed by atoms with Crippen LogP contribution in [0.5, 0.6) is 5.75 Å². The number of para-hydroxylation sites is 1. The number of nitrogens with zero attached hydrogens (tertiary/aromatic N) is 6. The summed E-state index contributed by atoms with van der Waals surface area (Å²) >= 11 is 6.67. The van der Waals surface area contributed by atoms with Gasteiger partial charge in [-0.1, -0.05) is 63.7 Å². The number of halogens is 1. The number of rotatable bonds is 17. The number of imide groups is 1. The zero-order valence-electron chi connectivity index (χ0n) is 35.1. The van der Waals surface area contributed by atoms with Gasteiger partial charge in [-0.15, -0.1) is 0 Å². The molecule has 13 nitrogen and oxygen atoms in total. The summed E-state index contributed by atoms with van der Waals surface area (Å²) in [6.07, 6.45) is 5.91. The lowest BCUT2D eigenvalue weighted by Gasteiger charge is -2.43. The van der Waals surface area contributed by atoms with Crippen LogP contribution >= 0.6 is 19.5 Å². The highest BCUT2D eigenvalue weighted by atomic mass is 35.5. The number of anilines is 3. The van der Waals surface area contributed by atoms with Crippen LogP contribution in [-0.2, 0) is 4.79 Å². The molecule has 0 radical (unpaired) electrons. The van der Waals surface area contributed by atoms with Gasteiger partial charge in [0.15, 0.2) is 5.84 Å². The van der Waals surface area contributed by atoms with Crippen LogP contribution in [0.25, 0.3) is 0 Å². The Morgan fingerprint density at radius 3 is 2.42 bits per heavy atom. The number of hydrogen-bond donors (Lipinski definition) is 3. The maximum atomic E-state index is 13.6. The minimum Gasteiger partial charge on any atom is -0.494 e. The molecule has 2 fully saturated rings. The van der Waals surface area contributed by atoms with Crippen LogP contribution in [0.3, 0.4) is 0 Å². The average molecular weight is 854 g/mol. The summed E-state index contributed by atoms with van der Waals surface area (Å²) in [5.74, 6) is -0.176. The van der Waals surface area contributed by atoms with Gasteiger partial charge in [0.05, 0.1) is 18.2 Å². The number of amidine groups is 1. The third-order valence-electron chi connectivity index (χ3n) is 11.3. The molecule has 0 spiro atoms. The Hall–Kier alpha value is -5.07. The minimum absolute atomic E-state index is 0.324. The molecule has 3 heterocycles. The number of benzene rings is 3. The number of fused-ring (bicyclic) bond motifs is 1. The van der Waals surface area contributed by atoms with Crippen molar-refractivity contribution < 1.29 is 19.1 Å². The molecule has 60 heavy (non-hydrogen) atoms. The molecule has 0 aromatic heterocycles. The van der Waals surface area contributed by atoms with Crippen molar-refractivity contribution in [1.82, 2.24) is 20.0 Å². The van der Waals surface area contributed by atoms with Gasteiger partial charge < -0.3 is 25.6 Å². The smallest absolute Gasteiger partial charge is 0.264 e. The van der Waals surface area contributed by atoms with E-state index in [9.17, 15) is 14.4 Å². The Bertz CT molecular complexity index is 2110. The van der Waals surface area contributed by atoms with E-state index >= 15 is 0 Å². The molecule has 15 heteroatoms. The lowest BCUT2D eigenvalue weighted by Crippen LogP contribution is -2.53. The van der Waals surface area contributed by atoms with E-state index in [-0.39, 0.29) is 7.92 Å². The van der Waals surface area contributed by atoms with Crippen molar-refractivity contribution in [2.24, 2.45) is 9.98 Å². The zero-order valence-corrected chi connectivity index (χ0v) is 36.8. The fourth-order valence-corrected chi connectivity index (χ4v) is 9.38. The monoisotopic (exact) mass is 853 g/mol. The SMILES string of the molecule is C=CNC(=O)C(CCC)N1C(=O)c2cccc(NCCN3CCN(C4CCN(c5ccc(N=C(Nc6ccccc6P(C)C)/C(Cl)=C\N=C)c(OC)c5)CC4)CC3)c2C1=O. The maximum Gasteiger partial charge on any atom is 0.264 e. The van der Waals surface area contributed by atoms with E-state index in [2.05, 4.69) is 80.5 Å². The highest BCUT2D eigenvalue weighted by Gasteiger charge is 2.43. The van der Waals surface area contributed by atoms with E-state index in [0.717, 1.165) is 74.9 Å². The van der Waals surface area contributed by atoms with Crippen LogP contribution in [0.15, 0.2) is 94.7 Å². The van der Waals surface area contributed by atoms with Crippen LogP contribution in [0, 0.1) is 0 Å². The van der Waals surface area contributed by atoms with Crippen LogP contribution < -0.4 is 30.9 Å². The largest absolute Gasteiger partial charge is 0.494 e. The number of nitrogens with one attached hydrogen (secondary N) is 3. The number of ether oxygens (including phenoxy) is 1. The van der Waals surface area contributed by atoms with Gasteiger partial charge in [0.1, 0.15) is 22.5 Å². The van der Waals surface area contributed by atoms with Crippen molar-refractivity contribution in [1.29, 1.82) is 0 Å². The molecule has 1 atom stereocenters. The van der Waals surface area contributed by atoms with Gasteiger partial charge in [-0.25, -0.2) is 4.99 Å². The molecule has 2 saturated heterocycles. The normalized spacial score (nSPS) is 17.4. The van der Waals surface area contributed by atoms with Gasteiger partial charge in [-0.05, 0) is 81.1 Å². The Balaban J connectivity index is 1.01. The molecule has 0 saturated carbocycles. The third kappa shape index (κ3) is 10.3. The van der Waals surface area contributed by atoms with Crippen molar-refractivity contribution in [2.75, 3.05) is 88.3 Å². The molecule has 1 unspecified atom stereocenters. The summed E-state index contributed by atoms with van der Waals surface area (Å²) < 4.78 is 5.85. The van der Waals surface area contributed by atoms with Gasteiger partial charge in [-0.3, -0.25) is 34.1 Å². The predicted octanol–water partition coefficient (Wildman–Crippen LogP) is 6.71. The molecular formula is C45H57ClN9O4P. The first kappa shape index (κ1) is 44.5. The van der Waals surface area contributed by atoms with Crippen molar-refractivity contribution in [3.8, 4) is 5.75 Å². The van der Waals surface area contributed by atoms with E-state index in [1.807, 2.05) is 37.3 Å². The maximum absolute atomic E-state index is 13.6. The summed E-state index contributed by atoms with van der Waals surface area (Å²) in [5.41, 5.74) is 3.98. The second-order valence-electron chi connectivity index (χ2n) is 15.3. The number of amides is 3. The molecule has 3 aliphatic rings. The molecule has 3 aliphatic heterocycles. The number of carbonyl (C=O) groups is 3. The highest BCUT2D eigenvalue weighted by Crippen LogP contribution is 2.36. The van der Waals surface area contributed by atoms with Crippen molar-refractivity contribution in [2.45, 2.75) is 44.7 Å². The summed E-state index contributed by atoms with van der Waals surface area (Å²) in [6.45, 7) is 20.7. The van der Waals surface area contributed by atoms with Gasteiger partial charge in [0, 0.05) is 87.7 Å². The Morgan fingerprint density at radius 1 is 1.00 bits per heavy atom. The number of piperidine rings is 1. The molecule has 6 rings (SSSR count). The fourth-order valence-electron chi connectivity index (χ4n) is 8.23. The van der Waals surface area contributed by atoms with Gasteiger partial charge in [-0.2, -0.15) is 0 Å². The minimum atomic E-state index is -0.891. The van der Waals surface area contributed by atoms with Crippen LogP contribution in [0.2, 0.25) is 0 Å².